The molecule has 3 rings (SSSR count). The number of nitrogens with one attached hydrogen (secondary N) is 1. The number of nitrogens with zero attached hydrogens (tertiary/aromatic N) is 1. The van der Waals surface area contributed by atoms with E-state index in [1.165, 1.54) is 0 Å². The predicted molar refractivity (Wildman–Crippen MR) is 95.1 cm³/mol. The normalized spacial score (nSPS) is 15.0. The number of aliphatic hydroxyl groups is 1. The summed E-state index contributed by atoms with van der Waals surface area (Å²) >= 11 is 12.3. The van der Waals surface area contributed by atoms with Crippen LogP contribution >= 0.6 is 23.2 Å². The molecule has 4 nitrogen and oxygen atoms in total. The third kappa shape index (κ3) is 2.78. The molecule has 0 fully saturated rings. The summed E-state index contributed by atoms with van der Waals surface area (Å²) in [5.74, 6) is 0.119. The zero-order chi connectivity index (χ0) is 16.8. The Morgan fingerprint density at radius 3 is 2.04 bits per heavy atom. The second-order valence-electron chi connectivity index (χ2n) is 5.82. The number of nitrogens with two attached hydrogens (primary N) is 1. The summed E-state index contributed by atoms with van der Waals surface area (Å²) < 4.78 is 0. The number of anilines is 2. The highest BCUT2D eigenvalue weighted by Crippen LogP contribution is 2.48. The topological polar surface area (TPSA) is 73.3 Å². The maximum absolute atomic E-state index is 11.1. The van der Waals surface area contributed by atoms with Crippen LogP contribution in [-0.2, 0) is 5.60 Å². The molecule has 0 saturated carbocycles. The first kappa shape index (κ1) is 16.1. The molecular weight excluding hydrogens is 333 g/mol. The van der Waals surface area contributed by atoms with Crippen LogP contribution < -0.4 is 10.6 Å². The van der Waals surface area contributed by atoms with Crippen molar-refractivity contribution >= 4 is 40.4 Å². The van der Waals surface area contributed by atoms with E-state index < -0.39 is 5.60 Å². The van der Waals surface area contributed by atoms with Crippen molar-refractivity contribution in [2.75, 3.05) is 11.4 Å². The fourth-order valence-electron chi connectivity index (χ4n) is 3.02. The molecule has 4 N–H and O–H groups in total. The number of hydrogen-bond acceptors (Lipinski definition) is 3. The molecule has 2 aromatic rings. The number of rotatable bonds is 3. The van der Waals surface area contributed by atoms with E-state index in [2.05, 4.69) is 0 Å². The van der Waals surface area contributed by atoms with E-state index in [1.54, 1.807) is 31.2 Å². The van der Waals surface area contributed by atoms with E-state index in [-0.39, 0.29) is 5.84 Å². The first-order valence-corrected chi connectivity index (χ1v) is 7.99. The molecule has 1 heterocycles. The number of fused-ring (bicyclic) bond motifs is 2. The number of halogens is 2. The molecule has 0 aliphatic carbocycles. The van der Waals surface area contributed by atoms with Gasteiger partial charge < -0.3 is 15.7 Å². The monoisotopic (exact) mass is 349 g/mol. The third-order valence-corrected chi connectivity index (χ3v) is 4.62. The summed E-state index contributed by atoms with van der Waals surface area (Å²) in [5, 5.41) is 19.7. The summed E-state index contributed by atoms with van der Waals surface area (Å²) in [5.41, 5.74) is 7.45. The van der Waals surface area contributed by atoms with Gasteiger partial charge in [0.15, 0.2) is 0 Å². The zero-order valence-corrected chi connectivity index (χ0v) is 14.1. The Bertz CT molecular complexity index is 734. The Morgan fingerprint density at radius 1 is 1.13 bits per heavy atom. The highest BCUT2D eigenvalue weighted by molar-refractivity contribution is 6.31. The van der Waals surface area contributed by atoms with Crippen LogP contribution in [0.3, 0.4) is 0 Å². The van der Waals surface area contributed by atoms with Crippen molar-refractivity contribution in [3.05, 3.63) is 57.6 Å². The van der Waals surface area contributed by atoms with Crippen molar-refractivity contribution in [1.29, 1.82) is 5.41 Å². The van der Waals surface area contributed by atoms with E-state index >= 15 is 0 Å². The summed E-state index contributed by atoms with van der Waals surface area (Å²) in [7, 11) is 0. The lowest BCUT2D eigenvalue weighted by Crippen LogP contribution is -2.36. The minimum absolute atomic E-state index is 0.119. The first-order chi connectivity index (χ1) is 10.8. The maximum Gasteiger partial charge on any atom is 0.116 e. The van der Waals surface area contributed by atoms with Crippen LogP contribution in [0.15, 0.2) is 36.4 Å². The summed E-state index contributed by atoms with van der Waals surface area (Å²) in [6, 6.07) is 10.9. The number of hydrogen-bond donors (Lipinski definition) is 3. The van der Waals surface area contributed by atoms with Crippen LogP contribution in [0.5, 0.6) is 0 Å². The summed E-state index contributed by atoms with van der Waals surface area (Å²) in [4.78, 5) is 2.04. The van der Waals surface area contributed by atoms with Crippen molar-refractivity contribution in [2.45, 2.75) is 18.9 Å². The lowest BCUT2D eigenvalue weighted by molar-refractivity contribution is 0.101. The van der Waals surface area contributed by atoms with Gasteiger partial charge in [-0.1, -0.05) is 23.2 Å². The van der Waals surface area contributed by atoms with Gasteiger partial charge in [0.25, 0.3) is 0 Å². The number of amidine groups is 1. The molecule has 23 heavy (non-hydrogen) atoms. The van der Waals surface area contributed by atoms with Crippen molar-refractivity contribution in [2.24, 2.45) is 5.73 Å². The van der Waals surface area contributed by atoms with Gasteiger partial charge in [-0.05, 0) is 43.3 Å². The van der Waals surface area contributed by atoms with E-state index in [0.29, 0.717) is 34.1 Å². The van der Waals surface area contributed by atoms with E-state index in [0.717, 1.165) is 11.4 Å². The Morgan fingerprint density at radius 2 is 1.61 bits per heavy atom. The van der Waals surface area contributed by atoms with Gasteiger partial charge in [0.1, 0.15) is 5.60 Å². The molecule has 0 unspecified atom stereocenters. The third-order valence-electron chi connectivity index (χ3n) is 4.15. The fraction of sp³-hybridized carbons (Fsp3) is 0.235. The van der Waals surface area contributed by atoms with Crippen LogP contribution in [0.4, 0.5) is 11.4 Å². The molecule has 6 heteroatoms. The quantitative estimate of drug-likeness (QED) is 0.578. The van der Waals surface area contributed by atoms with Crippen molar-refractivity contribution in [1.82, 2.24) is 0 Å². The van der Waals surface area contributed by atoms with E-state index in [1.807, 2.05) is 17.0 Å². The average Bonchev–Trinajstić information content (AvgIpc) is 2.48. The van der Waals surface area contributed by atoms with Gasteiger partial charge in [-0.2, -0.15) is 0 Å². The SMILES string of the molecule is CC1(O)c2cc(Cl)ccc2N(CCC(=N)N)c2ccc(Cl)cc21. The van der Waals surface area contributed by atoms with Gasteiger partial charge in [-0.3, -0.25) is 5.41 Å². The molecule has 0 aromatic heterocycles. The van der Waals surface area contributed by atoms with Crippen molar-refractivity contribution in [3.8, 4) is 0 Å². The fourth-order valence-corrected chi connectivity index (χ4v) is 3.36. The molecule has 0 radical (unpaired) electrons. The second-order valence-corrected chi connectivity index (χ2v) is 6.69. The van der Waals surface area contributed by atoms with Crippen LogP contribution in [0, 0.1) is 5.41 Å². The molecule has 1 aliphatic rings. The van der Waals surface area contributed by atoms with E-state index in [9.17, 15) is 5.11 Å². The van der Waals surface area contributed by atoms with Crippen molar-refractivity contribution < 1.29 is 5.11 Å². The maximum atomic E-state index is 11.1. The predicted octanol–water partition coefficient (Wildman–Crippen LogP) is 4.03. The van der Waals surface area contributed by atoms with Gasteiger partial charge in [0, 0.05) is 45.5 Å². The largest absolute Gasteiger partial charge is 0.388 e. The van der Waals surface area contributed by atoms with Gasteiger partial charge in [-0.25, -0.2) is 0 Å². The van der Waals surface area contributed by atoms with Gasteiger partial charge in [0.2, 0.25) is 0 Å². The Kier molecular flexibility index (Phi) is 4.00. The van der Waals surface area contributed by atoms with E-state index in [4.69, 9.17) is 34.3 Å². The highest BCUT2D eigenvalue weighted by atomic mass is 35.5. The minimum Gasteiger partial charge on any atom is -0.388 e. The molecule has 0 saturated heterocycles. The van der Waals surface area contributed by atoms with Gasteiger partial charge in [0.05, 0.1) is 5.84 Å². The Hall–Kier alpha value is -1.75. The lowest BCUT2D eigenvalue weighted by Gasteiger charge is -2.41. The Labute approximate surface area is 144 Å². The van der Waals surface area contributed by atoms with Crippen LogP contribution in [0.1, 0.15) is 24.5 Å². The zero-order valence-electron chi connectivity index (χ0n) is 12.6. The molecule has 120 valence electrons. The van der Waals surface area contributed by atoms with Crippen LogP contribution in [-0.4, -0.2) is 17.5 Å². The van der Waals surface area contributed by atoms with Crippen LogP contribution in [0.2, 0.25) is 10.0 Å². The van der Waals surface area contributed by atoms with Gasteiger partial charge in [-0.15, -0.1) is 0 Å². The Balaban J connectivity index is 2.21. The first-order valence-electron chi connectivity index (χ1n) is 7.23. The highest BCUT2D eigenvalue weighted by Gasteiger charge is 2.38. The second kappa shape index (κ2) is 5.71. The molecule has 0 bridgehead atoms. The molecular formula is C17H17Cl2N3O. The van der Waals surface area contributed by atoms with Crippen LogP contribution in [0.25, 0.3) is 0 Å². The van der Waals surface area contributed by atoms with Crippen molar-refractivity contribution in [3.63, 3.8) is 0 Å². The lowest BCUT2D eigenvalue weighted by atomic mass is 9.82. The molecule has 1 aliphatic heterocycles. The molecule has 0 spiro atoms. The molecule has 2 aromatic carbocycles. The minimum atomic E-state index is -1.20. The number of benzene rings is 2. The summed E-state index contributed by atoms with van der Waals surface area (Å²) in [6.07, 6.45) is 0.423. The average molecular weight is 350 g/mol. The molecule has 0 atom stereocenters. The van der Waals surface area contributed by atoms with Gasteiger partial charge >= 0.3 is 0 Å². The summed E-state index contributed by atoms with van der Waals surface area (Å²) in [6.45, 7) is 2.27. The molecule has 0 amide bonds. The standard InChI is InChI=1S/C17H17Cl2N3O/c1-17(23)12-8-10(18)2-4-14(12)22(7-6-16(20)21)15-5-3-11(19)9-13(15)17/h2-5,8-9,23H,6-7H2,1H3,(H3,20,21). The smallest absolute Gasteiger partial charge is 0.116 e.